The van der Waals surface area contributed by atoms with Crippen LogP contribution in [0.2, 0.25) is 1.41 Å². The van der Waals surface area contributed by atoms with Crippen molar-refractivity contribution in [2.45, 2.75) is 32.5 Å². The molecular weight excluding hydrogens is 114 g/mol. The summed E-state index contributed by atoms with van der Waals surface area (Å²) in [5.41, 5.74) is 0. The second kappa shape index (κ2) is 3.18. The lowest BCUT2D eigenvalue weighted by atomic mass is 10.2. The van der Waals surface area contributed by atoms with Crippen molar-refractivity contribution in [1.29, 1.82) is 0 Å². The molecule has 1 aliphatic heterocycles. The minimum Gasteiger partial charge on any atom is -0.373 e. The molecule has 1 saturated heterocycles. The lowest BCUT2D eigenvalue weighted by Crippen LogP contribution is -2.42. The highest BCUT2D eigenvalue weighted by Crippen LogP contribution is 2.05. The van der Waals surface area contributed by atoms with Crippen LogP contribution in [0, 0.1) is 0 Å². The molecule has 1 rings (SSSR count). The molecule has 1 heterocycles. The van der Waals surface area contributed by atoms with Crippen LogP contribution in [0.15, 0.2) is 0 Å². The van der Waals surface area contributed by atoms with Crippen LogP contribution in [-0.2, 0) is 4.74 Å². The fraction of sp³-hybridized carbons (Fsp3) is 1.00. The van der Waals surface area contributed by atoms with Crippen molar-refractivity contribution < 1.29 is 6.15 Å². The average molecular weight is 131 g/mol. The van der Waals surface area contributed by atoms with Crippen LogP contribution in [-0.4, -0.2) is 25.3 Å². The average Bonchev–Trinajstić information content (AvgIpc) is 1.85. The summed E-state index contributed by atoms with van der Waals surface area (Å²) >= 11 is 0. The lowest BCUT2D eigenvalue weighted by molar-refractivity contribution is -0.0283. The Bertz CT molecular complexity index is 99.8. The first-order chi connectivity index (χ1) is 4.72. The summed E-state index contributed by atoms with van der Waals surface area (Å²) in [6.07, 6.45) is 1.53. The van der Waals surface area contributed by atoms with Crippen molar-refractivity contribution in [2.24, 2.45) is 0 Å². The molecule has 0 radical (unpaired) electrons. The summed E-state index contributed by atoms with van der Waals surface area (Å²) in [7, 11) is 0. The number of morpholine rings is 1. The van der Waals surface area contributed by atoms with Gasteiger partial charge in [-0.05, 0) is 13.3 Å². The molecule has 2 unspecified atom stereocenters. The van der Waals surface area contributed by atoms with Gasteiger partial charge in [0.2, 0.25) is 0 Å². The first-order valence-electron chi connectivity index (χ1n) is 4.06. The maximum Gasteiger partial charge on any atom is 0.122 e. The molecule has 1 aliphatic rings. The first-order valence-corrected chi connectivity index (χ1v) is 3.61. The molecule has 0 aliphatic carbocycles. The molecule has 2 atom stereocenters. The highest BCUT2D eigenvalue weighted by molar-refractivity contribution is 4.69. The van der Waals surface area contributed by atoms with E-state index in [1.165, 1.54) is 0 Å². The zero-order valence-corrected chi connectivity index (χ0v) is 6.13. The molecule has 0 aromatic carbocycles. The van der Waals surface area contributed by atoms with Crippen LogP contribution >= 0.6 is 0 Å². The third kappa shape index (κ3) is 1.95. The van der Waals surface area contributed by atoms with Crippen molar-refractivity contribution in [3.8, 4) is 0 Å². The molecule has 0 aromatic heterocycles. The van der Waals surface area contributed by atoms with E-state index in [-0.39, 0.29) is 12.2 Å². The molecule has 0 aromatic rings. The van der Waals surface area contributed by atoms with E-state index >= 15 is 0 Å². The van der Waals surface area contributed by atoms with Gasteiger partial charge in [-0.2, -0.15) is 0 Å². The number of ether oxygens (including phenoxy) is 1. The van der Waals surface area contributed by atoms with E-state index < -0.39 is 0 Å². The summed E-state index contributed by atoms with van der Waals surface area (Å²) < 4.78 is 12.9. The van der Waals surface area contributed by atoms with Crippen LogP contribution in [0.3, 0.4) is 0 Å². The predicted molar refractivity (Wildman–Crippen MR) is 37.5 cm³/mol. The quantitative estimate of drug-likeness (QED) is 0.567. The van der Waals surface area contributed by atoms with Gasteiger partial charge >= 0.3 is 0 Å². The Morgan fingerprint density at radius 3 is 3.11 bits per heavy atom. The van der Waals surface area contributed by atoms with E-state index in [1.807, 2.05) is 6.92 Å². The number of hydrogen-bond donors (Lipinski definition) is 1. The standard InChI is InChI=1S/C7H15NO/c1-3-7-5-8-4-6(2)9-7/h6-8H,3-5H2,1-2H3/i/hT. The molecule has 0 bridgehead atoms. The minimum absolute atomic E-state index is 0.233. The Morgan fingerprint density at radius 1 is 1.78 bits per heavy atom. The molecule has 9 heavy (non-hydrogen) atoms. The maximum absolute atomic E-state index is 7.39. The van der Waals surface area contributed by atoms with Gasteiger partial charge < -0.3 is 10.0 Å². The SMILES string of the molecule is [3H]N1CC(C)OC(CC)C1. The fourth-order valence-electron chi connectivity index (χ4n) is 1.04. The fourth-order valence-corrected chi connectivity index (χ4v) is 1.04. The minimum atomic E-state index is 0.233. The zero-order valence-electron chi connectivity index (χ0n) is 7.13. The van der Waals surface area contributed by atoms with Crippen molar-refractivity contribution >= 4 is 0 Å². The smallest absolute Gasteiger partial charge is 0.122 e. The van der Waals surface area contributed by atoms with Gasteiger partial charge in [-0.1, -0.05) is 6.92 Å². The van der Waals surface area contributed by atoms with Crippen LogP contribution in [0.4, 0.5) is 0 Å². The summed E-state index contributed by atoms with van der Waals surface area (Å²) in [6.45, 7) is 5.62. The van der Waals surface area contributed by atoms with Crippen molar-refractivity contribution in [2.75, 3.05) is 13.1 Å². The highest BCUT2D eigenvalue weighted by atomic mass is 16.5. The Balaban J connectivity index is 2.35. The Hall–Kier alpha value is -0.0800. The van der Waals surface area contributed by atoms with Crippen LogP contribution < -0.4 is 5.31 Å². The first kappa shape index (κ1) is 5.69. The van der Waals surface area contributed by atoms with E-state index in [9.17, 15) is 0 Å². The number of hydrogen-bond acceptors (Lipinski definition) is 2. The normalized spacial score (nSPS) is 40.4. The number of nitrogens with one attached hydrogen (secondary N) is 1. The Labute approximate surface area is 58.0 Å². The maximum atomic E-state index is 7.39. The van der Waals surface area contributed by atoms with E-state index in [2.05, 4.69) is 6.92 Å². The molecule has 2 nitrogen and oxygen atoms in total. The highest BCUT2D eigenvalue weighted by Gasteiger charge is 2.15. The summed E-state index contributed by atoms with van der Waals surface area (Å²) in [5, 5.41) is 1.59. The summed E-state index contributed by atoms with van der Waals surface area (Å²) in [6, 6.07) is 0. The van der Waals surface area contributed by atoms with E-state index in [0.29, 0.717) is 0 Å². The Morgan fingerprint density at radius 2 is 2.56 bits per heavy atom. The zero-order chi connectivity index (χ0) is 7.56. The van der Waals surface area contributed by atoms with Crippen LogP contribution in [0.5, 0.6) is 0 Å². The van der Waals surface area contributed by atoms with Gasteiger partial charge in [0.1, 0.15) is 1.41 Å². The van der Waals surface area contributed by atoms with Gasteiger partial charge in [-0.15, -0.1) is 0 Å². The molecule has 1 N–H and O–H groups in total. The van der Waals surface area contributed by atoms with Crippen molar-refractivity contribution in [3.63, 3.8) is 0 Å². The van der Waals surface area contributed by atoms with Crippen molar-refractivity contribution in [3.05, 3.63) is 0 Å². The summed E-state index contributed by atoms with van der Waals surface area (Å²) in [5.74, 6) is 0. The van der Waals surface area contributed by atoms with Gasteiger partial charge in [0, 0.05) is 13.1 Å². The van der Waals surface area contributed by atoms with E-state index in [1.54, 1.807) is 5.31 Å². The summed E-state index contributed by atoms with van der Waals surface area (Å²) in [4.78, 5) is 0. The Kier molecular flexibility index (Phi) is 2.01. The van der Waals surface area contributed by atoms with E-state index in [0.717, 1.165) is 19.5 Å². The second-order valence-corrected chi connectivity index (χ2v) is 2.57. The van der Waals surface area contributed by atoms with E-state index in [4.69, 9.17) is 6.15 Å². The second-order valence-electron chi connectivity index (χ2n) is 2.57. The van der Waals surface area contributed by atoms with Gasteiger partial charge in [0.15, 0.2) is 0 Å². The third-order valence-corrected chi connectivity index (χ3v) is 1.60. The topological polar surface area (TPSA) is 21.3 Å². The van der Waals surface area contributed by atoms with Crippen LogP contribution in [0.25, 0.3) is 0 Å². The molecular formula is C7H15NO. The largest absolute Gasteiger partial charge is 0.373 e. The number of rotatable bonds is 1. The van der Waals surface area contributed by atoms with Gasteiger partial charge in [0.25, 0.3) is 0 Å². The van der Waals surface area contributed by atoms with Crippen LogP contribution in [0.1, 0.15) is 20.3 Å². The third-order valence-electron chi connectivity index (χ3n) is 1.60. The van der Waals surface area contributed by atoms with Gasteiger partial charge in [-0.25, -0.2) is 0 Å². The molecule has 1 fully saturated rings. The lowest BCUT2D eigenvalue weighted by Gasteiger charge is -2.27. The van der Waals surface area contributed by atoms with Gasteiger partial charge in [0.05, 0.1) is 12.2 Å². The molecule has 54 valence electrons. The van der Waals surface area contributed by atoms with Crippen molar-refractivity contribution in [1.82, 2.24) is 5.31 Å². The monoisotopic (exact) mass is 131 g/mol. The molecule has 2 heteroatoms. The molecule has 0 spiro atoms. The van der Waals surface area contributed by atoms with Gasteiger partial charge in [-0.3, -0.25) is 0 Å². The predicted octanol–water partition coefficient (Wildman–Crippen LogP) is 0.773. The molecule has 0 saturated carbocycles. The molecule has 0 amide bonds.